The van der Waals surface area contributed by atoms with E-state index in [2.05, 4.69) is 20.1 Å². The van der Waals surface area contributed by atoms with Crippen LogP contribution < -0.4 is 5.73 Å². The summed E-state index contributed by atoms with van der Waals surface area (Å²) < 4.78 is 1.61. The van der Waals surface area contributed by atoms with Crippen molar-refractivity contribution in [1.82, 2.24) is 24.7 Å². The molecule has 0 saturated heterocycles. The molecule has 0 aliphatic carbocycles. The second-order valence-corrected chi connectivity index (χ2v) is 2.96. The molecule has 0 saturated carbocycles. The molecular formula is C8H10N6. The van der Waals surface area contributed by atoms with E-state index in [9.17, 15) is 0 Å². The number of aryl methyl sites for hydroxylation is 2. The first-order valence-electron chi connectivity index (χ1n) is 4.11. The van der Waals surface area contributed by atoms with Crippen LogP contribution in [-0.4, -0.2) is 24.7 Å². The van der Waals surface area contributed by atoms with Gasteiger partial charge in [0.1, 0.15) is 18.5 Å². The lowest BCUT2D eigenvalue weighted by Gasteiger charge is -2.02. The van der Waals surface area contributed by atoms with Gasteiger partial charge in [-0.15, -0.1) is 0 Å². The van der Waals surface area contributed by atoms with Gasteiger partial charge < -0.3 is 5.73 Å². The van der Waals surface area contributed by atoms with E-state index in [0.29, 0.717) is 17.2 Å². The normalized spacial score (nSPS) is 10.4. The molecule has 72 valence electrons. The zero-order chi connectivity index (χ0) is 10.1. The van der Waals surface area contributed by atoms with Crippen LogP contribution in [0.2, 0.25) is 0 Å². The molecule has 0 spiro atoms. The average molecular weight is 190 g/mol. The van der Waals surface area contributed by atoms with Gasteiger partial charge in [0, 0.05) is 7.05 Å². The molecule has 0 unspecified atom stereocenters. The molecule has 0 amide bonds. The van der Waals surface area contributed by atoms with Crippen molar-refractivity contribution in [1.29, 1.82) is 0 Å². The van der Waals surface area contributed by atoms with Crippen molar-refractivity contribution in [2.75, 3.05) is 5.73 Å². The Balaban J connectivity index is 2.61. The Morgan fingerprint density at radius 2 is 2.07 bits per heavy atom. The number of nitrogens with zero attached hydrogens (tertiary/aromatic N) is 5. The average Bonchev–Trinajstić information content (AvgIpc) is 2.51. The van der Waals surface area contributed by atoms with E-state index in [1.165, 1.54) is 6.33 Å². The molecule has 2 aromatic heterocycles. The van der Waals surface area contributed by atoms with E-state index in [1.807, 2.05) is 6.92 Å². The van der Waals surface area contributed by atoms with Crippen molar-refractivity contribution < 1.29 is 0 Å². The number of anilines is 1. The minimum atomic E-state index is 0.406. The van der Waals surface area contributed by atoms with Gasteiger partial charge in [-0.3, -0.25) is 4.68 Å². The topological polar surface area (TPSA) is 82.5 Å². The minimum Gasteiger partial charge on any atom is -0.383 e. The maximum atomic E-state index is 5.72. The SMILES string of the molecule is Cc1ncnc(N)c1-c1ncn(C)n1. The number of nitrogen functional groups attached to an aromatic ring is 1. The van der Waals surface area contributed by atoms with Gasteiger partial charge in [0.15, 0.2) is 5.82 Å². The van der Waals surface area contributed by atoms with E-state index in [-0.39, 0.29) is 0 Å². The number of hydrogen-bond acceptors (Lipinski definition) is 5. The lowest BCUT2D eigenvalue weighted by molar-refractivity contribution is 0.768. The number of aromatic nitrogens is 5. The summed E-state index contributed by atoms with van der Waals surface area (Å²) in [4.78, 5) is 12.0. The molecule has 0 bridgehead atoms. The minimum absolute atomic E-state index is 0.406. The van der Waals surface area contributed by atoms with Gasteiger partial charge in [0.2, 0.25) is 0 Å². The maximum Gasteiger partial charge on any atom is 0.186 e. The molecule has 0 fully saturated rings. The molecule has 6 nitrogen and oxygen atoms in total. The maximum absolute atomic E-state index is 5.72. The van der Waals surface area contributed by atoms with Crippen LogP contribution in [0.15, 0.2) is 12.7 Å². The highest BCUT2D eigenvalue weighted by atomic mass is 15.3. The van der Waals surface area contributed by atoms with Crippen LogP contribution >= 0.6 is 0 Å². The predicted octanol–water partition coefficient (Wildman–Crippen LogP) is 0.163. The highest BCUT2D eigenvalue weighted by Crippen LogP contribution is 2.21. The molecule has 6 heteroatoms. The molecule has 0 radical (unpaired) electrons. The molecule has 0 atom stereocenters. The standard InChI is InChI=1S/C8H10N6/c1-5-6(7(9)11-3-10-5)8-12-4-14(2)13-8/h3-4H,1-2H3,(H2,9,10,11). The number of rotatable bonds is 1. The van der Waals surface area contributed by atoms with Crippen LogP contribution in [0.1, 0.15) is 5.69 Å². The largest absolute Gasteiger partial charge is 0.383 e. The third-order valence-corrected chi connectivity index (χ3v) is 1.89. The fourth-order valence-corrected chi connectivity index (χ4v) is 1.22. The highest BCUT2D eigenvalue weighted by molar-refractivity contribution is 5.69. The smallest absolute Gasteiger partial charge is 0.186 e. The number of hydrogen-bond donors (Lipinski definition) is 1. The van der Waals surface area contributed by atoms with Crippen molar-refractivity contribution in [2.24, 2.45) is 7.05 Å². The molecule has 0 aliphatic rings. The van der Waals surface area contributed by atoms with Crippen LogP contribution in [0.25, 0.3) is 11.4 Å². The Morgan fingerprint density at radius 1 is 1.29 bits per heavy atom. The van der Waals surface area contributed by atoms with Crippen molar-refractivity contribution in [3.63, 3.8) is 0 Å². The summed E-state index contributed by atoms with van der Waals surface area (Å²) in [6.07, 6.45) is 3.04. The summed E-state index contributed by atoms with van der Waals surface area (Å²) in [5.74, 6) is 0.965. The fourth-order valence-electron chi connectivity index (χ4n) is 1.22. The van der Waals surface area contributed by atoms with Gasteiger partial charge in [-0.2, -0.15) is 5.10 Å². The van der Waals surface area contributed by atoms with Crippen molar-refractivity contribution in [3.05, 3.63) is 18.3 Å². The fraction of sp³-hybridized carbons (Fsp3) is 0.250. The first-order valence-corrected chi connectivity index (χ1v) is 4.11. The molecule has 0 aromatic carbocycles. The van der Waals surface area contributed by atoms with Gasteiger partial charge >= 0.3 is 0 Å². The lowest BCUT2D eigenvalue weighted by Crippen LogP contribution is -2.00. The van der Waals surface area contributed by atoms with E-state index in [1.54, 1.807) is 18.1 Å². The van der Waals surface area contributed by atoms with E-state index in [4.69, 9.17) is 5.73 Å². The molecule has 0 aliphatic heterocycles. The lowest BCUT2D eigenvalue weighted by atomic mass is 10.2. The van der Waals surface area contributed by atoms with Gasteiger partial charge in [-0.1, -0.05) is 0 Å². The van der Waals surface area contributed by atoms with E-state index in [0.717, 1.165) is 5.69 Å². The Kier molecular flexibility index (Phi) is 1.88. The van der Waals surface area contributed by atoms with Gasteiger partial charge in [0.25, 0.3) is 0 Å². The summed E-state index contributed by atoms with van der Waals surface area (Å²) in [7, 11) is 1.80. The quantitative estimate of drug-likeness (QED) is 0.692. The Morgan fingerprint density at radius 3 is 2.64 bits per heavy atom. The van der Waals surface area contributed by atoms with Crippen LogP contribution in [0.3, 0.4) is 0 Å². The summed E-state index contributed by atoms with van der Waals surface area (Å²) >= 11 is 0. The zero-order valence-electron chi connectivity index (χ0n) is 7.97. The summed E-state index contributed by atoms with van der Waals surface area (Å²) in [6.45, 7) is 1.85. The van der Waals surface area contributed by atoms with Crippen molar-refractivity contribution in [3.8, 4) is 11.4 Å². The Labute approximate surface area is 80.8 Å². The van der Waals surface area contributed by atoms with E-state index >= 15 is 0 Å². The van der Waals surface area contributed by atoms with Crippen molar-refractivity contribution >= 4 is 5.82 Å². The van der Waals surface area contributed by atoms with Gasteiger partial charge in [0.05, 0.1) is 11.3 Å². The predicted molar refractivity (Wildman–Crippen MR) is 51.2 cm³/mol. The molecule has 2 N–H and O–H groups in total. The second-order valence-electron chi connectivity index (χ2n) is 2.96. The van der Waals surface area contributed by atoms with Crippen molar-refractivity contribution in [2.45, 2.75) is 6.92 Å². The highest BCUT2D eigenvalue weighted by Gasteiger charge is 2.11. The molecule has 2 rings (SSSR count). The van der Waals surface area contributed by atoms with Crippen LogP contribution in [-0.2, 0) is 7.05 Å². The summed E-state index contributed by atoms with van der Waals surface area (Å²) in [5, 5.41) is 4.15. The monoisotopic (exact) mass is 190 g/mol. The Hall–Kier alpha value is -1.98. The first-order chi connectivity index (χ1) is 6.68. The molecule has 14 heavy (non-hydrogen) atoms. The van der Waals surface area contributed by atoms with Crippen LogP contribution in [0, 0.1) is 6.92 Å². The van der Waals surface area contributed by atoms with Crippen LogP contribution in [0.4, 0.5) is 5.82 Å². The summed E-state index contributed by atoms with van der Waals surface area (Å²) in [6, 6.07) is 0. The van der Waals surface area contributed by atoms with Gasteiger partial charge in [-0.05, 0) is 6.92 Å². The summed E-state index contributed by atoms with van der Waals surface area (Å²) in [5.41, 5.74) is 7.21. The molecule has 2 aromatic rings. The van der Waals surface area contributed by atoms with E-state index < -0.39 is 0 Å². The first kappa shape index (κ1) is 8.61. The number of nitrogens with two attached hydrogens (primary N) is 1. The Bertz CT molecular complexity index is 440. The van der Waals surface area contributed by atoms with Gasteiger partial charge in [-0.25, -0.2) is 15.0 Å². The third kappa shape index (κ3) is 1.30. The third-order valence-electron chi connectivity index (χ3n) is 1.89. The zero-order valence-corrected chi connectivity index (χ0v) is 7.97. The molecular weight excluding hydrogens is 180 g/mol. The second kappa shape index (κ2) is 3.06. The molecule has 2 heterocycles. The van der Waals surface area contributed by atoms with Crippen LogP contribution in [0.5, 0.6) is 0 Å².